The van der Waals surface area contributed by atoms with Crippen LogP contribution >= 0.6 is 0 Å². The van der Waals surface area contributed by atoms with E-state index in [0.29, 0.717) is 45.7 Å². The zero-order valence-corrected chi connectivity index (χ0v) is 17.6. The number of amides is 1. The number of hydrogen-bond acceptors (Lipinski definition) is 6. The number of nitrogens with zero attached hydrogens (tertiary/aromatic N) is 6. The van der Waals surface area contributed by atoms with Crippen LogP contribution in [0.3, 0.4) is 0 Å². The molecule has 156 valence electrons. The summed E-state index contributed by atoms with van der Waals surface area (Å²) in [6.07, 6.45) is 2.12. The van der Waals surface area contributed by atoms with Crippen LogP contribution < -0.4 is 5.32 Å². The van der Waals surface area contributed by atoms with Gasteiger partial charge in [0, 0.05) is 52.7 Å². The normalized spacial score (nSPS) is 16.7. The molecule has 2 aromatic heterocycles. The van der Waals surface area contributed by atoms with Crippen molar-refractivity contribution in [3.8, 4) is 0 Å². The van der Waals surface area contributed by atoms with E-state index in [1.807, 2.05) is 18.7 Å². The number of hydrogen-bond donors (Lipinski definition) is 1. The van der Waals surface area contributed by atoms with Gasteiger partial charge < -0.3 is 5.32 Å². The molecule has 11 heteroatoms. The smallest absolute Gasteiger partial charge is 0.221 e. The van der Waals surface area contributed by atoms with Crippen molar-refractivity contribution in [1.29, 1.82) is 0 Å². The molecular weight excluding hydrogens is 382 g/mol. The average Bonchev–Trinajstić information content (AvgIpc) is 3.22. The standard InChI is InChI=1S/C17H29N7O3S/c1-4-28(26,27)23-11-9-22(10-12-23)8-6-18-16(25)5-7-24-17-14(2)20-21(3)15(17)13-19-24/h13H,4-12H2,1-3H3,(H,18,25). The molecule has 3 rings (SSSR count). The van der Waals surface area contributed by atoms with Crippen molar-refractivity contribution < 1.29 is 13.2 Å². The van der Waals surface area contributed by atoms with Gasteiger partial charge in [0.05, 0.1) is 24.2 Å². The summed E-state index contributed by atoms with van der Waals surface area (Å²) in [4.78, 5) is 14.3. The lowest BCUT2D eigenvalue weighted by Crippen LogP contribution is -2.50. The summed E-state index contributed by atoms with van der Waals surface area (Å²) in [7, 11) is -1.22. The summed E-state index contributed by atoms with van der Waals surface area (Å²) in [6, 6.07) is 0. The second-order valence-electron chi connectivity index (χ2n) is 7.05. The van der Waals surface area contributed by atoms with Gasteiger partial charge in [-0.1, -0.05) is 0 Å². The number of carbonyl (C=O) groups is 1. The molecule has 1 aliphatic heterocycles. The van der Waals surface area contributed by atoms with E-state index in [0.717, 1.165) is 23.3 Å². The highest BCUT2D eigenvalue weighted by Crippen LogP contribution is 2.16. The fourth-order valence-corrected chi connectivity index (χ4v) is 4.63. The Bertz CT molecular complexity index is 926. The van der Waals surface area contributed by atoms with E-state index < -0.39 is 10.0 Å². The summed E-state index contributed by atoms with van der Waals surface area (Å²) in [5.74, 6) is 0.127. The molecule has 1 aliphatic rings. The van der Waals surface area contributed by atoms with Gasteiger partial charge in [-0.3, -0.25) is 19.1 Å². The molecule has 28 heavy (non-hydrogen) atoms. The molecule has 0 unspecified atom stereocenters. The van der Waals surface area contributed by atoms with Crippen molar-refractivity contribution in [1.82, 2.24) is 34.1 Å². The number of aryl methyl sites for hydroxylation is 3. The summed E-state index contributed by atoms with van der Waals surface area (Å²) < 4.78 is 28.9. The quantitative estimate of drug-likeness (QED) is 0.631. The minimum atomic E-state index is -3.10. The van der Waals surface area contributed by atoms with Crippen LogP contribution in [0.25, 0.3) is 11.0 Å². The second-order valence-corrected chi connectivity index (χ2v) is 9.31. The summed E-state index contributed by atoms with van der Waals surface area (Å²) in [5.41, 5.74) is 2.83. The Labute approximate surface area is 165 Å². The molecule has 0 aliphatic carbocycles. The van der Waals surface area contributed by atoms with Crippen molar-refractivity contribution in [2.75, 3.05) is 45.0 Å². The van der Waals surface area contributed by atoms with Gasteiger partial charge in [-0.25, -0.2) is 8.42 Å². The summed E-state index contributed by atoms with van der Waals surface area (Å²) >= 11 is 0. The van der Waals surface area contributed by atoms with Crippen molar-refractivity contribution in [3.05, 3.63) is 11.9 Å². The number of fused-ring (bicyclic) bond motifs is 1. The molecule has 2 aromatic rings. The SMILES string of the molecule is CCS(=O)(=O)N1CCN(CCNC(=O)CCn2ncc3c2c(C)nn3C)CC1. The lowest BCUT2D eigenvalue weighted by molar-refractivity contribution is -0.121. The first kappa shape index (κ1) is 20.7. The summed E-state index contributed by atoms with van der Waals surface area (Å²) in [5, 5.41) is 11.7. The van der Waals surface area contributed by atoms with E-state index >= 15 is 0 Å². The van der Waals surface area contributed by atoms with Gasteiger partial charge in [0.25, 0.3) is 0 Å². The van der Waals surface area contributed by atoms with Crippen molar-refractivity contribution in [3.63, 3.8) is 0 Å². The van der Waals surface area contributed by atoms with Gasteiger partial charge in [-0.2, -0.15) is 14.5 Å². The topological polar surface area (TPSA) is 105 Å². The highest BCUT2D eigenvalue weighted by molar-refractivity contribution is 7.89. The van der Waals surface area contributed by atoms with Gasteiger partial charge in [0.2, 0.25) is 15.9 Å². The third kappa shape index (κ3) is 4.53. The Morgan fingerprint density at radius 3 is 2.61 bits per heavy atom. The highest BCUT2D eigenvalue weighted by atomic mass is 32.2. The van der Waals surface area contributed by atoms with Crippen molar-refractivity contribution in [2.45, 2.75) is 26.8 Å². The molecule has 3 heterocycles. The maximum atomic E-state index is 12.1. The molecule has 1 fully saturated rings. The Morgan fingerprint density at radius 1 is 1.21 bits per heavy atom. The van der Waals surface area contributed by atoms with Gasteiger partial charge in [-0.05, 0) is 13.8 Å². The molecule has 0 bridgehead atoms. The first-order valence-corrected chi connectivity index (χ1v) is 11.2. The average molecular weight is 412 g/mol. The molecule has 0 saturated carbocycles. The van der Waals surface area contributed by atoms with Crippen LogP contribution in [0, 0.1) is 6.92 Å². The molecular formula is C17H29N7O3S. The predicted octanol–water partition coefficient (Wildman–Crippen LogP) is -0.448. The van der Waals surface area contributed by atoms with Crippen LogP contribution in [-0.4, -0.2) is 88.1 Å². The summed E-state index contributed by atoms with van der Waals surface area (Å²) in [6.45, 7) is 7.82. The first-order chi connectivity index (χ1) is 13.3. The lowest BCUT2D eigenvalue weighted by atomic mass is 10.3. The predicted molar refractivity (Wildman–Crippen MR) is 106 cm³/mol. The number of piperazine rings is 1. The van der Waals surface area contributed by atoms with Crippen molar-refractivity contribution in [2.24, 2.45) is 7.05 Å². The molecule has 1 amide bonds. The van der Waals surface area contributed by atoms with Gasteiger partial charge >= 0.3 is 0 Å². The van der Waals surface area contributed by atoms with Crippen LogP contribution in [0.2, 0.25) is 0 Å². The first-order valence-electron chi connectivity index (χ1n) is 9.64. The van der Waals surface area contributed by atoms with E-state index in [4.69, 9.17) is 0 Å². The second kappa shape index (κ2) is 8.58. The minimum Gasteiger partial charge on any atom is -0.355 e. The molecule has 1 N–H and O–H groups in total. The van der Waals surface area contributed by atoms with E-state index in [9.17, 15) is 13.2 Å². The van der Waals surface area contributed by atoms with E-state index in [1.165, 1.54) is 0 Å². The maximum Gasteiger partial charge on any atom is 0.221 e. The van der Waals surface area contributed by atoms with Gasteiger partial charge in [0.15, 0.2) is 0 Å². The Balaban J connectivity index is 1.38. The lowest BCUT2D eigenvalue weighted by Gasteiger charge is -2.33. The Hall–Kier alpha value is -1.98. The molecule has 10 nitrogen and oxygen atoms in total. The van der Waals surface area contributed by atoms with Crippen LogP contribution in [0.1, 0.15) is 19.0 Å². The maximum absolute atomic E-state index is 12.1. The van der Waals surface area contributed by atoms with Crippen LogP contribution in [0.5, 0.6) is 0 Å². The highest BCUT2D eigenvalue weighted by Gasteiger charge is 2.25. The Kier molecular flexibility index (Phi) is 6.36. The van der Waals surface area contributed by atoms with Crippen LogP contribution in [0.4, 0.5) is 0 Å². The van der Waals surface area contributed by atoms with Gasteiger partial charge in [0.1, 0.15) is 11.0 Å². The Morgan fingerprint density at radius 2 is 1.93 bits per heavy atom. The van der Waals surface area contributed by atoms with E-state index in [1.54, 1.807) is 22.1 Å². The minimum absolute atomic E-state index is 0.0163. The molecule has 0 radical (unpaired) electrons. The fourth-order valence-electron chi connectivity index (χ4n) is 3.54. The largest absolute Gasteiger partial charge is 0.355 e. The fraction of sp³-hybridized carbons (Fsp3) is 0.706. The van der Waals surface area contributed by atoms with Crippen LogP contribution in [-0.2, 0) is 28.4 Å². The monoisotopic (exact) mass is 411 g/mol. The van der Waals surface area contributed by atoms with E-state index in [-0.39, 0.29) is 11.7 Å². The third-order valence-electron chi connectivity index (χ3n) is 5.20. The number of nitrogens with one attached hydrogen (secondary N) is 1. The third-order valence-corrected chi connectivity index (χ3v) is 7.08. The number of carbonyl (C=O) groups excluding carboxylic acids is 1. The van der Waals surface area contributed by atoms with Gasteiger partial charge in [-0.15, -0.1) is 0 Å². The van der Waals surface area contributed by atoms with Crippen molar-refractivity contribution >= 4 is 27.0 Å². The molecule has 0 aromatic carbocycles. The number of rotatable bonds is 8. The molecule has 0 atom stereocenters. The zero-order valence-electron chi connectivity index (χ0n) is 16.8. The molecule has 0 spiro atoms. The number of sulfonamides is 1. The van der Waals surface area contributed by atoms with E-state index in [2.05, 4.69) is 20.4 Å². The molecule has 1 saturated heterocycles. The zero-order chi connectivity index (χ0) is 20.3. The van der Waals surface area contributed by atoms with Crippen LogP contribution in [0.15, 0.2) is 6.20 Å². The number of aromatic nitrogens is 4.